The fourth-order valence-electron chi connectivity index (χ4n) is 1.59. The lowest BCUT2D eigenvalue weighted by atomic mass is 10.1. The highest BCUT2D eigenvalue weighted by Gasteiger charge is 2.18. The average molecular weight is 241 g/mol. The normalized spacial score (nSPS) is 15.0. The van der Waals surface area contributed by atoms with E-state index in [0.717, 1.165) is 11.3 Å². The van der Waals surface area contributed by atoms with Crippen LogP contribution in [0.3, 0.4) is 0 Å². The van der Waals surface area contributed by atoms with Gasteiger partial charge in [0.25, 0.3) is 0 Å². The van der Waals surface area contributed by atoms with Crippen molar-refractivity contribution in [2.24, 2.45) is 0 Å². The predicted octanol–water partition coefficient (Wildman–Crippen LogP) is 1.59. The third kappa shape index (κ3) is 2.71. The quantitative estimate of drug-likeness (QED) is 0.786. The molecule has 0 spiro atoms. The molecule has 0 amide bonds. The van der Waals surface area contributed by atoms with Crippen LogP contribution in [0.2, 0.25) is 0 Å². The van der Waals surface area contributed by atoms with E-state index < -0.39 is 7.82 Å². The topological polar surface area (TPSA) is 70.0 Å². The van der Waals surface area contributed by atoms with Crippen molar-refractivity contribution in [3.05, 3.63) is 35.9 Å². The molecule has 0 radical (unpaired) electrons. The zero-order chi connectivity index (χ0) is 11.6. The van der Waals surface area contributed by atoms with E-state index in [0.29, 0.717) is 6.54 Å². The second-order valence-corrected chi connectivity index (χ2v) is 4.67. The molecule has 0 saturated heterocycles. The summed E-state index contributed by atoms with van der Waals surface area (Å²) in [6.45, 7) is 0.461. The lowest BCUT2D eigenvalue weighted by Crippen LogP contribution is -2.28. The molecule has 0 aromatic heterocycles. The maximum Gasteiger partial charge on any atom is 0.471 e. The van der Waals surface area contributed by atoms with Gasteiger partial charge in [0.2, 0.25) is 0 Å². The maximum absolute atomic E-state index is 10.6. The van der Waals surface area contributed by atoms with E-state index in [9.17, 15) is 4.57 Å². The number of phosphoric ester groups is 1. The second-order valence-electron chi connectivity index (χ2n) is 3.43. The van der Waals surface area contributed by atoms with Gasteiger partial charge < -0.3 is 14.7 Å². The molecule has 1 aliphatic rings. The van der Waals surface area contributed by atoms with Crippen molar-refractivity contribution in [1.29, 1.82) is 0 Å². The molecule has 2 rings (SSSR count). The van der Waals surface area contributed by atoms with E-state index in [1.54, 1.807) is 4.90 Å². The number of rotatable bonds is 3. The number of hydrogen-bond acceptors (Lipinski definition) is 3. The fourth-order valence-corrected chi connectivity index (χ4v) is 1.88. The average Bonchev–Trinajstić information content (AvgIpc) is 2.25. The summed E-state index contributed by atoms with van der Waals surface area (Å²) in [5, 5.41) is 0. The van der Waals surface area contributed by atoms with E-state index in [-0.39, 0.29) is 6.73 Å². The molecule has 0 aliphatic carbocycles. The van der Waals surface area contributed by atoms with E-state index >= 15 is 0 Å². The number of fused-ring (bicyclic) bond motifs is 1. The van der Waals surface area contributed by atoms with Crippen LogP contribution in [-0.2, 0) is 9.09 Å². The maximum atomic E-state index is 10.6. The third-order valence-corrected chi connectivity index (χ3v) is 2.73. The Labute approximate surface area is 93.2 Å². The van der Waals surface area contributed by atoms with E-state index in [1.807, 2.05) is 36.4 Å². The molecule has 1 heterocycles. The van der Waals surface area contributed by atoms with Gasteiger partial charge in [-0.3, -0.25) is 4.52 Å². The molecule has 86 valence electrons. The van der Waals surface area contributed by atoms with Crippen LogP contribution < -0.4 is 4.90 Å². The number of anilines is 1. The van der Waals surface area contributed by atoms with Crippen molar-refractivity contribution in [1.82, 2.24) is 0 Å². The summed E-state index contributed by atoms with van der Waals surface area (Å²) < 4.78 is 15.1. The number of benzene rings is 1. The minimum atomic E-state index is -4.41. The van der Waals surface area contributed by atoms with Crippen LogP contribution in [0.1, 0.15) is 5.56 Å². The van der Waals surface area contributed by atoms with Gasteiger partial charge in [-0.25, -0.2) is 4.57 Å². The Morgan fingerprint density at radius 3 is 2.88 bits per heavy atom. The van der Waals surface area contributed by atoms with E-state index in [2.05, 4.69) is 4.52 Å². The first-order valence-corrected chi connectivity index (χ1v) is 6.30. The van der Waals surface area contributed by atoms with Crippen molar-refractivity contribution in [3.63, 3.8) is 0 Å². The van der Waals surface area contributed by atoms with Gasteiger partial charge in [-0.1, -0.05) is 30.4 Å². The van der Waals surface area contributed by atoms with Crippen molar-refractivity contribution >= 4 is 19.6 Å². The van der Waals surface area contributed by atoms with Gasteiger partial charge in [0, 0.05) is 12.2 Å². The molecule has 16 heavy (non-hydrogen) atoms. The molecule has 1 aromatic rings. The fraction of sp³-hybridized carbons (Fsp3) is 0.200. The zero-order valence-electron chi connectivity index (χ0n) is 8.48. The van der Waals surface area contributed by atoms with Crippen molar-refractivity contribution in [3.8, 4) is 0 Å². The molecule has 1 aliphatic heterocycles. The van der Waals surface area contributed by atoms with Crippen molar-refractivity contribution < 1.29 is 18.9 Å². The lowest BCUT2D eigenvalue weighted by Gasteiger charge is -2.27. The molecule has 0 atom stereocenters. The Hall–Kier alpha value is -1.13. The Bertz CT molecular complexity index is 454. The molecular formula is C10H12NO4P. The number of para-hydroxylation sites is 1. The first-order chi connectivity index (χ1) is 7.56. The van der Waals surface area contributed by atoms with Crippen LogP contribution >= 0.6 is 7.82 Å². The minimum Gasteiger partial charge on any atom is -0.344 e. The SMILES string of the molecule is O=P(O)(O)OCN1CC=Cc2ccccc21. The van der Waals surface area contributed by atoms with Gasteiger partial charge in [0.05, 0.1) is 0 Å². The first kappa shape index (κ1) is 11.4. The Morgan fingerprint density at radius 1 is 1.38 bits per heavy atom. The number of nitrogens with zero attached hydrogens (tertiary/aromatic N) is 1. The predicted molar refractivity (Wildman–Crippen MR) is 60.8 cm³/mol. The van der Waals surface area contributed by atoms with Gasteiger partial charge in [0.15, 0.2) is 0 Å². The van der Waals surface area contributed by atoms with Crippen LogP contribution in [0.5, 0.6) is 0 Å². The highest BCUT2D eigenvalue weighted by atomic mass is 31.2. The van der Waals surface area contributed by atoms with Gasteiger partial charge >= 0.3 is 7.82 Å². The van der Waals surface area contributed by atoms with Crippen molar-refractivity contribution in [2.75, 3.05) is 18.2 Å². The molecular weight excluding hydrogens is 229 g/mol. The van der Waals surface area contributed by atoms with Crippen LogP contribution in [0.25, 0.3) is 6.08 Å². The smallest absolute Gasteiger partial charge is 0.344 e. The molecule has 0 unspecified atom stereocenters. The Kier molecular flexibility index (Phi) is 3.12. The van der Waals surface area contributed by atoms with Gasteiger partial charge in [-0.05, 0) is 11.6 Å². The van der Waals surface area contributed by atoms with Crippen LogP contribution in [0.4, 0.5) is 5.69 Å². The molecule has 6 heteroatoms. The molecule has 0 bridgehead atoms. The van der Waals surface area contributed by atoms with Gasteiger partial charge in [-0.2, -0.15) is 0 Å². The zero-order valence-corrected chi connectivity index (χ0v) is 9.38. The molecule has 5 nitrogen and oxygen atoms in total. The summed E-state index contributed by atoms with van der Waals surface area (Å²) >= 11 is 0. The summed E-state index contributed by atoms with van der Waals surface area (Å²) in [4.78, 5) is 19.0. The van der Waals surface area contributed by atoms with Crippen LogP contribution in [-0.4, -0.2) is 23.1 Å². The summed E-state index contributed by atoms with van der Waals surface area (Å²) in [7, 11) is -4.41. The third-order valence-electron chi connectivity index (χ3n) is 2.28. The highest BCUT2D eigenvalue weighted by molar-refractivity contribution is 7.46. The van der Waals surface area contributed by atoms with E-state index in [1.165, 1.54) is 0 Å². The number of phosphoric acid groups is 1. The van der Waals surface area contributed by atoms with Crippen molar-refractivity contribution in [2.45, 2.75) is 0 Å². The summed E-state index contributed by atoms with van der Waals surface area (Å²) in [6.07, 6.45) is 3.90. The monoisotopic (exact) mass is 241 g/mol. The second kappa shape index (κ2) is 4.39. The minimum absolute atomic E-state index is 0.119. The van der Waals surface area contributed by atoms with Crippen LogP contribution in [0.15, 0.2) is 30.3 Å². The molecule has 0 fully saturated rings. The summed E-state index contributed by atoms with van der Waals surface area (Å²) in [6, 6.07) is 7.62. The lowest BCUT2D eigenvalue weighted by molar-refractivity contribution is 0.197. The molecule has 0 saturated carbocycles. The summed E-state index contributed by atoms with van der Waals surface area (Å²) in [5.74, 6) is 0. The number of hydrogen-bond donors (Lipinski definition) is 2. The highest BCUT2D eigenvalue weighted by Crippen LogP contribution is 2.37. The first-order valence-electron chi connectivity index (χ1n) is 4.77. The van der Waals surface area contributed by atoms with Gasteiger partial charge in [-0.15, -0.1) is 0 Å². The summed E-state index contributed by atoms with van der Waals surface area (Å²) in [5.41, 5.74) is 1.93. The Morgan fingerprint density at radius 2 is 2.12 bits per heavy atom. The molecule has 1 aromatic carbocycles. The molecule has 2 N–H and O–H groups in total. The largest absolute Gasteiger partial charge is 0.471 e. The van der Waals surface area contributed by atoms with Gasteiger partial charge in [0.1, 0.15) is 6.73 Å². The van der Waals surface area contributed by atoms with Crippen LogP contribution in [0, 0.1) is 0 Å². The van der Waals surface area contributed by atoms with E-state index in [4.69, 9.17) is 9.79 Å². The standard InChI is InChI=1S/C10H12NO4P/c12-16(13,14)15-8-11-7-3-5-9-4-1-2-6-10(9)11/h1-6H,7-8H2,(H2,12,13,14). The Balaban J connectivity index is 2.13.